The van der Waals surface area contributed by atoms with Crippen LogP contribution in [0.2, 0.25) is 0 Å². The van der Waals surface area contributed by atoms with Gasteiger partial charge in [-0.2, -0.15) is 0 Å². The third-order valence-electron chi connectivity index (χ3n) is 4.79. The summed E-state index contributed by atoms with van der Waals surface area (Å²) in [6, 6.07) is 1.46. The van der Waals surface area contributed by atoms with Crippen LogP contribution in [0.5, 0.6) is 0 Å². The normalized spacial score (nSPS) is 34.7. The molecule has 0 bridgehead atoms. The first-order valence-corrected chi connectivity index (χ1v) is 7.89. The maximum absolute atomic E-state index is 8.96. The van der Waals surface area contributed by atoms with E-state index in [1.807, 2.05) is 0 Å². The van der Waals surface area contributed by atoms with Crippen molar-refractivity contribution in [2.45, 2.75) is 64.0 Å². The number of aliphatic hydroxyl groups excluding tert-OH is 1. The highest BCUT2D eigenvalue weighted by molar-refractivity contribution is 4.91. The van der Waals surface area contributed by atoms with Gasteiger partial charge in [0, 0.05) is 18.7 Å². The molecule has 0 aromatic heterocycles. The molecule has 2 rings (SSSR count). The highest BCUT2D eigenvalue weighted by Gasteiger charge is 2.32. The van der Waals surface area contributed by atoms with Gasteiger partial charge in [0.1, 0.15) is 0 Å². The second-order valence-corrected chi connectivity index (χ2v) is 6.28. The summed E-state index contributed by atoms with van der Waals surface area (Å²) in [7, 11) is 0. The predicted octanol–water partition coefficient (Wildman–Crippen LogP) is 1.91. The van der Waals surface area contributed by atoms with Crippen molar-refractivity contribution >= 4 is 0 Å². The van der Waals surface area contributed by atoms with E-state index in [1.54, 1.807) is 0 Å². The van der Waals surface area contributed by atoms with Gasteiger partial charge < -0.3 is 15.7 Å². The zero-order valence-corrected chi connectivity index (χ0v) is 11.8. The van der Waals surface area contributed by atoms with Crippen molar-refractivity contribution in [1.82, 2.24) is 10.6 Å². The molecule has 3 N–H and O–H groups in total. The van der Waals surface area contributed by atoms with E-state index in [-0.39, 0.29) is 0 Å². The van der Waals surface area contributed by atoms with Gasteiger partial charge in [-0.25, -0.2) is 0 Å². The first kappa shape index (κ1) is 14.3. The maximum atomic E-state index is 8.96. The van der Waals surface area contributed by atoms with Crippen LogP contribution in [0.25, 0.3) is 0 Å². The summed E-state index contributed by atoms with van der Waals surface area (Å²) >= 11 is 0. The first-order valence-electron chi connectivity index (χ1n) is 7.89. The molecule has 2 fully saturated rings. The summed E-state index contributed by atoms with van der Waals surface area (Å²) in [4.78, 5) is 0. The second kappa shape index (κ2) is 7.46. The summed E-state index contributed by atoms with van der Waals surface area (Å²) in [5, 5.41) is 16.4. The number of hydrogen-bond donors (Lipinski definition) is 3. The lowest BCUT2D eigenvalue weighted by atomic mass is 9.79. The van der Waals surface area contributed by atoms with E-state index in [0.29, 0.717) is 18.6 Å². The maximum Gasteiger partial charge on any atom is 0.0434 e. The predicted molar refractivity (Wildman–Crippen MR) is 75.6 cm³/mol. The second-order valence-electron chi connectivity index (χ2n) is 6.28. The van der Waals surface area contributed by atoms with E-state index in [9.17, 15) is 0 Å². The lowest BCUT2D eigenvalue weighted by Gasteiger charge is -2.37. The minimum Gasteiger partial charge on any atom is -0.396 e. The zero-order chi connectivity index (χ0) is 12.8. The van der Waals surface area contributed by atoms with Crippen LogP contribution in [0, 0.1) is 11.8 Å². The Labute approximate surface area is 112 Å². The fourth-order valence-electron chi connectivity index (χ4n) is 3.65. The van der Waals surface area contributed by atoms with Crippen LogP contribution < -0.4 is 10.6 Å². The summed E-state index contributed by atoms with van der Waals surface area (Å²) in [5.41, 5.74) is 0. The third-order valence-corrected chi connectivity index (χ3v) is 4.79. The molecule has 1 saturated heterocycles. The molecule has 18 heavy (non-hydrogen) atoms. The van der Waals surface area contributed by atoms with Crippen molar-refractivity contribution in [1.29, 1.82) is 0 Å². The van der Waals surface area contributed by atoms with Crippen molar-refractivity contribution < 1.29 is 5.11 Å². The lowest BCUT2D eigenvalue weighted by molar-refractivity contribution is 0.201. The Morgan fingerprint density at radius 2 is 2.06 bits per heavy atom. The standard InChI is InChI=1S/C15H30N2O/c1-12(8-10-18)11-17-15-6-3-2-5-13(15)14-7-4-9-16-14/h12-18H,2-11H2,1H3. The number of rotatable bonds is 6. The largest absolute Gasteiger partial charge is 0.396 e. The van der Waals surface area contributed by atoms with Crippen LogP contribution in [0.15, 0.2) is 0 Å². The fraction of sp³-hybridized carbons (Fsp3) is 1.00. The number of hydrogen-bond acceptors (Lipinski definition) is 3. The zero-order valence-electron chi connectivity index (χ0n) is 11.8. The Morgan fingerprint density at radius 1 is 1.22 bits per heavy atom. The van der Waals surface area contributed by atoms with Crippen LogP contribution in [0.1, 0.15) is 51.9 Å². The van der Waals surface area contributed by atoms with Crippen LogP contribution >= 0.6 is 0 Å². The molecule has 1 aliphatic heterocycles. The summed E-state index contributed by atoms with van der Waals surface area (Å²) in [5.74, 6) is 1.43. The van der Waals surface area contributed by atoms with Gasteiger partial charge in [-0.05, 0) is 57.0 Å². The number of aliphatic hydroxyl groups is 1. The Balaban J connectivity index is 1.79. The molecule has 0 amide bonds. The molecule has 4 unspecified atom stereocenters. The Kier molecular flexibility index (Phi) is 5.93. The van der Waals surface area contributed by atoms with Gasteiger partial charge in [0.2, 0.25) is 0 Å². The Morgan fingerprint density at radius 3 is 2.78 bits per heavy atom. The first-order chi connectivity index (χ1) is 8.81. The average Bonchev–Trinajstić information content (AvgIpc) is 2.91. The Bertz CT molecular complexity index is 229. The van der Waals surface area contributed by atoms with Crippen molar-refractivity contribution in [2.24, 2.45) is 11.8 Å². The minimum atomic E-state index is 0.321. The average molecular weight is 254 g/mol. The molecule has 3 heteroatoms. The highest BCUT2D eigenvalue weighted by atomic mass is 16.3. The van der Waals surface area contributed by atoms with Gasteiger partial charge in [-0.15, -0.1) is 0 Å². The van der Waals surface area contributed by atoms with Crippen molar-refractivity contribution in [3.05, 3.63) is 0 Å². The van der Waals surface area contributed by atoms with Gasteiger partial charge in [-0.3, -0.25) is 0 Å². The van der Waals surface area contributed by atoms with Gasteiger partial charge in [0.15, 0.2) is 0 Å². The van der Waals surface area contributed by atoms with Crippen LogP contribution in [-0.2, 0) is 0 Å². The molecule has 3 nitrogen and oxygen atoms in total. The Hall–Kier alpha value is -0.120. The molecule has 0 spiro atoms. The number of nitrogens with one attached hydrogen (secondary N) is 2. The summed E-state index contributed by atoms with van der Waals surface area (Å²) < 4.78 is 0. The van der Waals surface area contributed by atoms with Crippen molar-refractivity contribution in [3.8, 4) is 0 Å². The van der Waals surface area contributed by atoms with Crippen LogP contribution in [0.3, 0.4) is 0 Å². The molecule has 0 aromatic carbocycles. The van der Waals surface area contributed by atoms with Crippen LogP contribution in [0.4, 0.5) is 0 Å². The minimum absolute atomic E-state index is 0.321. The monoisotopic (exact) mass is 254 g/mol. The highest BCUT2D eigenvalue weighted by Crippen LogP contribution is 2.30. The van der Waals surface area contributed by atoms with Crippen LogP contribution in [-0.4, -0.2) is 36.9 Å². The SMILES string of the molecule is CC(CCO)CNC1CCCCC1C1CCCN1. The molecule has 1 saturated carbocycles. The molecule has 0 radical (unpaired) electrons. The van der Waals surface area contributed by atoms with Gasteiger partial charge in [-0.1, -0.05) is 19.8 Å². The quantitative estimate of drug-likeness (QED) is 0.678. The van der Waals surface area contributed by atoms with E-state index >= 15 is 0 Å². The lowest BCUT2D eigenvalue weighted by Crippen LogP contribution is -2.48. The van der Waals surface area contributed by atoms with Crippen molar-refractivity contribution in [2.75, 3.05) is 19.7 Å². The summed E-state index contributed by atoms with van der Waals surface area (Å²) in [6.45, 7) is 4.83. The van der Waals surface area contributed by atoms with E-state index in [0.717, 1.165) is 24.9 Å². The molecular formula is C15H30N2O. The fourth-order valence-corrected chi connectivity index (χ4v) is 3.65. The van der Waals surface area contributed by atoms with E-state index in [1.165, 1.54) is 45.1 Å². The summed E-state index contributed by atoms with van der Waals surface area (Å²) in [6.07, 6.45) is 9.18. The van der Waals surface area contributed by atoms with E-state index in [2.05, 4.69) is 17.6 Å². The van der Waals surface area contributed by atoms with E-state index in [4.69, 9.17) is 5.11 Å². The third kappa shape index (κ3) is 3.94. The molecular weight excluding hydrogens is 224 g/mol. The van der Waals surface area contributed by atoms with Gasteiger partial charge in [0.25, 0.3) is 0 Å². The molecule has 1 aliphatic carbocycles. The molecule has 0 aromatic rings. The van der Waals surface area contributed by atoms with Crippen molar-refractivity contribution in [3.63, 3.8) is 0 Å². The van der Waals surface area contributed by atoms with Gasteiger partial charge >= 0.3 is 0 Å². The molecule has 1 heterocycles. The smallest absolute Gasteiger partial charge is 0.0434 e. The topological polar surface area (TPSA) is 44.3 Å². The molecule has 4 atom stereocenters. The van der Waals surface area contributed by atoms with E-state index < -0.39 is 0 Å². The molecule has 2 aliphatic rings. The molecule has 106 valence electrons. The van der Waals surface area contributed by atoms with Gasteiger partial charge in [0.05, 0.1) is 0 Å².